The number of halogens is 1. The van der Waals surface area contributed by atoms with E-state index in [-0.39, 0.29) is 30.6 Å². The molecule has 8 heteroatoms. The van der Waals surface area contributed by atoms with Crippen LogP contribution in [0.5, 0.6) is 11.5 Å². The van der Waals surface area contributed by atoms with E-state index in [1.165, 1.54) is 0 Å². The molecule has 0 saturated carbocycles. The van der Waals surface area contributed by atoms with Gasteiger partial charge in [-0.25, -0.2) is 4.99 Å². The Morgan fingerprint density at radius 3 is 2.56 bits per heavy atom. The minimum absolute atomic E-state index is 0. The first-order valence-electron chi connectivity index (χ1n) is 10.7. The molecule has 0 aliphatic heterocycles. The monoisotopic (exact) mass is 557 g/mol. The number of aliphatic imine (C=N–C) groups is 1. The summed E-state index contributed by atoms with van der Waals surface area (Å²) in [6.07, 6.45) is 0.202. The largest absolute Gasteiger partial charge is 0.497 e. The standard InChI is InChI=1S/C24H35N3O4.HI/c1-4-30-14-6-13-25-24(26-16-20-9-11-22(29-3)12-10-20)27-17-21(28)18-31-23-8-5-7-19(2)15-23;/h5,7-12,15,21,28H,4,6,13-14,16-18H2,1-3H3,(H2,25,26,27);1H. The van der Waals surface area contributed by atoms with Gasteiger partial charge in [0.25, 0.3) is 0 Å². The Hall–Kier alpha value is -2.04. The van der Waals surface area contributed by atoms with E-state index in [1.807, 2.05) is 62.4 Å². The Morgan fingerprint density at radius 2 is 1.88 bits per heavy atom. The molecule has 0 aliphatic rings. The molecule has 7 nitrogen and oxygen atoms in total. The number of hydrogen-bond acceptors (Lipinski definition) is 5. The summed E-state index contributed by atoms with van der Waals surface area (Å²) in [5, 5.41) is 16.8. The summed E-state index contributed by atoms with van der Waals surface area (Å²) in [7, 11) is 1.65. The predicted molar refractivity (Wildman–Crippen MR) is 139 cm³/mol. The summed E-state index contributed by atoms with van der Waals surface area (Å²) in [6, 6.07) is 15.6. The number of ether oxygens (including phenoxy) is 3. The van der Waals surface area contributed by atoms with Crippen molar-refractivity contribution in [1.82, 2.24) is 10.6 Å². The van der Waals surface area contributed by atoms with Gasteiger partial charge in [0.05, 0.1) is 13.7 Å². The van der Waals surface area contributed by atoms with E-state index in [0.717, 1.165) is 35.6 Å². The first-order chi connectivity index (χ1) is 15.1. The van der Waals surface area contributed by atoms with Crippen LogP contribution in [0.25, 0.3) is 0 Å². The van der Waals surface area contributed by atoms with Gasteiger partial charge in [-0.15, -0.1) is 24.0 Å². The summed E-state index contributed by atoms with van der Waals surface area (Å²) < 4.78 is 16.3. The van der Waals surface area contributed by atoms with Gasteiger partial charge >= 0.3 is 0 Å². The summed E-state index contributed by atoms with van der Waals surface area (Å²) >= 11 is 0. The van der Waals surface area contributed by atoms with Gasteiger partial charge in [0.15, 0.2) is 5.96 Å². The number of aliphatic hydroxyl groups excluding tert-OH is 1. The highest BCUT2D eigenvalue weighted by Gasteiger charge is 2.08. The Balaban J connectivity index is 0.00000512. The maximum Gasteiger partial charge on any atom is 0.191 e. The number of aliphatic hydroxyl groups is 1. The van der Waals surface area contributed by atoms with Crippen LogP contribution in [0.3, 0.4) is 0 Å². The third-order valence-corrected chi connectivity index (χ3v) is 4.48. The molecule has 0 spiro atoms. The van der Waals surface area contributed by atoms with Crippen molar-refractivity contribution in [3.05, 3.63) is 59.7 Å². The third kappa shape index (κ3) is 11.5. The smallest absolute Gasteiger partial charge is 0.191 e. The van der Waals surface area contributed by atoms with Gasteiger partial charge in [0, 0.05) is 26.3 Å². The summed E-state index contributed by atoms with van der Waals surface area (Å²) in [5.41, 5.74) is 2.19. The van der Waals surface area contributed by atoms with E-state index in [0.29, 0.717) is 32.3 Å². The van der Waals surface area contributed by atoms with Gasteiger partial charge in [0.2, 0.25) is 0 Å². The molecular weight excluding hydrogens is 521 g/mol. The minimum Gasteiger partial charge on any atom is -0.497 e. The maximum atomic E-state index is 10.3. The lowest BCUT2D eigenvalue weighted by Crippen LogP contribution is -2.43. The van der Waals surface area contributed by atoms with Crippen LogP contribution in [0.2, 0.25) is 0 Å². The van der Waals surface area contributed by atoms with E-state index in [4.69, 9.17) is 14.2 Å². The minimum atomic E-state index is -0.670. The number of nitrogens with one attached hydrogen (secondary N) is 2. The highest BCUT2D eigenvalue weighted by Crippen LogP contribution is 2.13. The topological polar surface area (TPSA) is 84.3 Å². The fraction of sp³-hybridized carbons (Fsp3) is 0.458. The zero-order valence-corrected chi connectivity index (χ0v) is 21.5. The van der Waals surface area contributed by atoms with Gasteiger partial charge in [-0.05, 0) is 55.7 Å². The van der Waals surface area contributed by atoms with E-state index in [9.17, 15) is 5.11 Å². The zero-order chi connectivity index (χ0) is 22.3. The second kappa shape index (κ2) is 16.6. The summed E-state index contributed by atoms with van der Waals surface area (Å²) in [4.78, 5) is 4.63. The Bertz CT molecular complexity index is 787. The van der Waals surface area contributed by atoms with Crippen molar-refractivity contribution in [2.75, 3.05) is 40.0 Å². The molecule has 2 aromatic carbocycles. The molecule has 0 amide bonds. The molecule has 0 saturated heterocycles. The third-order valence-electron chi connectivity index (χ3n) is 4.48. The number of hydrogen-bond donors (Lipinski definition) is 3. The molecule has 32 heavy (non-hydrogen) atoms. The number of guanidine groups is 1. The molecule has 2 rings (SSSR count). The highest BCUT2D eigenvalue weighted by atomic mass is 127. The molecular formula is C24H36IN3O4. The molecule has 0 aromatic heterocycles. The van der Waals surface area contributed by atoms with Crippen LogP contribution < -0.4 is 20.1 Å². The van der Waals surface area contributed by atoms with Crippen molar-refractivity contribution in [2.24, 2.45) is 4.99 Å². The Labute approximate surface area is 208 Å². The molecule has 2 aromatic rings. The molecule has 0 aliphatic carbocycles. The Kier molecular flexibility index (Phi) is 14.5. The Morgan fingerprint density at radius 1 is 1.09 bits per heavy atom. The number of aryl methyl sites for hydroxylation is 1. The quantitative estimate of drug-likeness (QED) is 0.151. The van der Waals surface area contributed by atoms with Crippen molar-refractivity contribution in [3.8, 4) is 11.5 Å². The van der Waals surface area contributed by atoms with Gasteiger partial charge in [-0.2, -0.15) is 0 Å². The first-order valence-corrected chi connectivity index (χ1v) is 10.7. The second-order valence-electron chi connectivity index (χ2n) is 7.15. The van der Waals surface area contributed by atoms with Crippen LogP contribution in [0.4, 0.5) is 0 Å². The van der Waals surface area contributed by atoms with Crippen LogP contribution in [-0.4, -0.2) is 57.2 Å². The van der Waals surface area contributed by atoms with Crippen molar-refractivity contribution < 1.29 is 19.3 Å². The number of rotatable bonds is 13. The molecule has 0 bridgehead atoms. The molecule has 0 radical (unpaired) electrons. The van der Waals surface area contributed by atoms with Crippen molar-refractivity contribution >= 4 is 29.9 Å². The van der Waals surface area contributed by atoms with Gasteiger partial charge < -0.3 is 30.0 Å². The number of methoxy groups -OCH3 is 1. The molecule has 1 unspecified atom stereocenters. The van der Waals surface area contributed by atoms with E-state index in [2.05, 4.69) is 15.6 Å². The fourth-order valence-corrected chi connectivity index (χ4v) is 2.77. The van der Waals surface area contributed by atoms with E-state index >= 15 is 0 Å². The summed E-state index contributed by atoms with van der Waals surface area (Å²) in [6.45, 7) is 7.17. The van der Waals surface area contributed by atoms with Crippen LogP contribution in [0.1, 0.15) is 24.5 Å². The molecule has 1 atom stereocenters. The average Bonchev–Trinajstić information content (AvgIpc) is 2.79. The number of benzene rings is 2. The average molecular weight is 557 g/mol. The van der Waals surface area contributed by atoms with Crippen LogP contribution in [0, 0.1) is 6.92 Å². The van der Waals surface area contributed by atoms with Gasteiger partial charge in [0.1, 0.15) is 24.2 Å². The lowest BCUT2D eigenvalue weighted by atomic mass is 10.2. The molecule has 0 heterocycles. The normalized spacial score (nSPS) is 11.9. The fourth-order valence-electron chi connectivity index (χ4n) is 2.77. The molecule has 3 N–H and O–H groups in total. The van der Waals surface area contributed by atoms with E-state index in [1.54, 1.807) is 7.11 Å². The van der Waals surface area contributed by atoms with Crippen molar-refractivity contribution in [1.29, 1.82) is 0 Å². The molecule has 0 fully saturated rings. The van der Waals surface area contributed by atoms with Gasteiger partial charge in [-0.3, -0.25) is 0 Å². The highest BCUT2D eigenvalue weighted by molar-refractivity contribution is 14.0. The van der Waals surface area contributed by atoms with Crippen molar-refractivity contribution in [2.45, 2.75) is 32.9 Å². The van der Waals surface area contributed by atoms with Crippen LogP contribution in [0.15, 0.2) is 53.5 Å². The molecule has 178 valence electrons. The first kappa shape index (κ1) is 28.0. The van der Waals surface area contributed by atoms with Crippen LogP contribution >= 0.6 is 24.0 Å². The lowest BCUT2D eigenvalue weighted by molar-refractivity contribution is 0.110. The van der Waals surface area contributed by atoms with Crippen molar-refractivity contribution in [3.63, 3.8) is 0 Å². The van der Waals surface area contributed by atoms with E-state index < -0.39 is 6.10 Å². The maximum absolute atomic E-state index is 10.3. The predicted octanol–water partition coefficient (Wildman–Crippen LogP) is 3.52. The van der Waals surface area contributed by atoms with Gasteiger partial charge in [-0.1, -0.05) is 24.3 Å². The zero-order valence-electron chi connectivity index (χ0n) is 19.2. The van der Waals surface area contributed by atoms with Crippen LogP contribution in [-0.2, 0) is 11.3 Å². The lowest BCUT2D eigenvalue weighted by Gasteiger charge is -2.17. The second-order valence-corrected chi connectivity index (χ2v) is 7.15. The SMILES string of the molecule is CCOCCCNC(=NCc1ccc(OC)cc1)NCC(O)COc1cccc(C)c1.I. The summed E-state index contributed by atoms with van der Waals surface area (Å²) in [5.74, 6) is 2.21. The number of nitrogens with zero attached hydrogens (tertiary/aromatic N) is 1.